The lowest BCUT2D eigenvalue weighted by Crippen LogP contribution is -2.58. The topological polar surface area (TPSA) is 68.3 Å². The van der Waals surface area contributed by atoms with Crippen molar-refractivity contribution in [2.24, 2.45) is 0 Å². The Hall–Kier alpha value is -3.94. The van der Waals surface area contributed by atoms with E-state index in [2.05, 4.69) is 104 Å². The van der Waals surface area contributed by atoms with Gasteiger partial charge in [-0.3, -0.25) is 9.80 Å². The van der Waals surface area contributed by atoms with E-state index < -0.39 is 11.9 Å². The number of carbonyl (C=O) groups is 2. The first kappa shape index (κ1) is 39.3. The Labute approximate surface area is 312 Å². The van der Waals surface area contributed by atoms with Crippen LogP contribution in [0.15, 0.2) is 78.4 Å². The summed E-state index contributed by atoms with van der Waals surface area (Å²) in [5, 5.41) is 0. The monoisotopic (exact) mass is 708 g/mol. The molecule has 2 aliphatic rings. The second kappa shape index (κ2) is 15.2. The predicted octanol–water partition coefficient (Wildman–Crippen LogP) is 9.30. The van der Waals surface area contributed by atoms with E-state index in [1.54, 1.807) is 37.5 Å². The maximum atomic E-state index is 13.9. The van der Waals surface area contributed by atoms with Gasteiger partial charge in [-0.15, -0.1) is 0 Å². The number of carbonyl (C=O) groups excluding carboxylic acids is 2. The lowest BCUT2D eigenvalue weighted by molar-refractivity contribution is -0.148. The van der Waals surface area contributed by atoms with Crippen LogP contribution in [0.25, 0.3) is 6.08 Å². The first-order valence-corrected chi connectivity index (χ1v) is 18.7. The minimum absolute atomic E-state index is 0.00655. The second-order valence-electron chi connectivity index (χ2n) is 17.5. The molecular formula is C45H60N2O5. The second-order valence-corrected chi connectivity index (χ2v) is 17.5. The molecule has 52 heavy (non-hydrogen) atoms. The number of rotatable bonds is 10. The Bertz CT molecular complexity index is 1630. The number of nitrogens with zero attached hydrogens (tertiary/aromatic N) is 2. The summed E-state index contributed by atoms with van der Waals surface area (Å²) in [4.78, 5) is 32.7. The molecule has 0 spiro atoms. The van der Waals surface area contributed by atoms with E-state index in [1.807, 2.05) is 24.3 Å². The minimum Gasteiger partial charge on any atom is -0.497 e. The fourth-order valence-corrected chi connectivity index (χ4v) is 8.82. The van der Waals surface area contributed by atoms with E-state index in [0.29, 0.717) is 23.1 Å². The molecule has 0 bridgehead atoms. The molecule has 3 aromatic rings. The molecule has 0 saturated carbocycles. The number of likely N-dealkylation sites (tertiary alicyclic amines) is 2. The lowest BCUT2D eigenvalue weighted by atomic mass is 9.71. The molecule has 0 radical (unpaired) electrons. The molecule has 2 saturated heterocycles. The number of esters is 2. The normalized spacial score (nSPS) is 20.1. The number of benzene rings is 3. The van der Waals surface area contributed by atoms with Crippen molar-refractivity contribution in [3.8, 4) is 5.75 Å². The van der Waals surface area contributed by atoms with Crippen molar-refractivity contribution < 1.29 is 23.8 Å². The highest BCUT2D eigenvalue weighted by Gasteiger charge is 2.45. The van der Waals surface area contributed by atoms with Crippen molar-refractivity contribution in [3.63, 3.8) is 0 Å². The fourth-order valence-electron chi connectivity index (χ4n) is 8.82. The van der Waals surface area contributed by atoms with Gasteiger partial charge in [-0.25, -0.2) is 9.59 Å². The number of ether oxygens (including phenoxy) is 3. The summed E-state index contributed by atoms with van der Waals surface area (Å²) in [6.45, 7) is 18.4. The maximum Gasteiger partial charge on any atom is 0.345 e. The Morgan fingerprint density at radius 3 is 1.35 bits per heavy atom. The predicted molar refractivity (Wildman–Crippen MR) is 209 cm³/mol. The van der Waals surface area contributed by atoms with Gasteiger partial charge in [-0.2, -0.15) is 0 Å². The zero-order valence-electron chi connectivity index (χ0n) is 33.3. The summed E-state index contributed by atoms with van der Waals surface area (Å²) in [6, 6.07) is 23.6. The Morgan fingerprint density at radius 1 is 0.615 bits per heavy atom. The van der Waals surface area contributed by atoms with Crippen LogP contribution in [-0.4, -0.2) is 65.1 Å². The van der Waals surface area contributed by atoms with Crippen molar-refractivity contribution in [1.82, 2.24) is 9.80 Å². The summed E-state index contributed by atoms with van der Waals surface area (Å²) < 4.78 is 17.2. The van der Waals surface area contributed by atoms with Gasteiger partial charge in [-0.05, 0) is 153 Å². The van der Waals surface area contributed by atoms with Crippen LogP contribution in [0.3, 0.4) is 0 Å². The van der Waals surface area contributed by atoms with Crippen molar-refractivity contribution in [2.75, 3.05) is 21.2 Å². The van der Waals surface area contributed by atoms with Crippen LogP contribution in [0.1, 0.15) is 121 Å². The smallest absolute Gasteiger partial charge is 0.345 e. The molecule has 0 aromatic heterocycles. The van der Waals surface area contributed by atoms with E-state index in [4.69, 9.17) is 14.2 Å². The Morgan fingerprint density at radius 2 is 0.981 bits per heavy atom. The molecule has 0 atom stereocenters. The van der Waals surface area contributed by atoms with Crippen LogP contribution < -0.4 is 4.74 Å². The molecule has 3 aromatic carbocycles. The van der Waals surface area contributed by atoms with E-state index in [1.165, 1.54) is 11.1 Å². The summed E-state index contributed by atoms with van der Waals surface area (Å²) in [7, 11) is 6.00. The van der Waals surface area contributed by atoms with Crippen molar-refractivity contribution >= 4 is 18.0 Å². The van der Waals surface area contributed by atoms with Gasteiger partial charge >= 0.3 is 11.9 Å². The van der Waals surface area contributed by atoms with E-state index in [9.17, 15) is 9.59 Å². The average Bonchev–Trinajstić information content (AvgIpc) is 3.09. The standard InChI is InChI=1S/C45H60N2O5/c1-42(2)25-34(26-43(3,4)46(42)9)37-18-14-12-16-32(37)29-51-40(48)39(24-31-20-22-36(50-11)23-21-31)41(49)52-30-33-17-13-15-19-38(33)35-27-44(5,6)47(10)45(7,8)28-35/h12-24,34-35H,25-30H2,1-11H3. The first-order valence-electron chi connectivity index (χ1n) is 18.7. The zero-order valence-corrected chi connectivity index (χ0v) is 33.3. The van der Waals surface area contributed by atoms with Gasteiger partial charge in [-0.1, -0.05) is 60.7 Å². The van der Waals surface area contributed by atoms with Gasteiger partial charge < -0.3 is 14.2 Å². The van der Waals surface area contributed by atoms with Crippen LogP contribution in [0, 0.1) is 0 Å². The Balaban J connectivity index is 1.37. The molecule has 0 unspecified atom stereocenters. The van der Waals surface area contributed by atoms with Crippen molar-refractivity contribution in [1.29, 1.82) is 0 Å². The van der Waals surface area contributed by atoms with Crippen LogP contribution in [0.2, 0.25) is 0 Å². The van der Waals surface area contributed by atoms with Crippen molar-refractivity contribution in [2.45, 2.75) is 128 Å². The third kappa shape index (κ3) is 8.64. The quantitative estimate of drug-likeness (QED) is 0.0900. The molecule has 7 nitrogen and oxygen atoms in total. The van der Waals surface area contributed by atoms with Crippen LogP contribution >= 0.6 is 0 Å². The molecule has 7 heteroatoms. The van der Waals surface area contributed by atoms with E-state index in [-0.39, 0.29) is 40.9 Å². The highest BCUT2D eigenvalue weighted by atomic mass is 16.6. The van der Waals surface area contributed by atoms with Crippen molar-refractivity contribution in [3.05, 3.63) is 106 Å². The molecule has 2 heterocycles. The van der Waals surface area contributed by atoms with Gasteiger partial charge in [0.2, 0.25) is 0 Å². The average molecular weight is 709 g/mol. The summed E-state index contributed by atoms with van der Waals surface area (Å²) in [5.41, 5.74) is 4.81. The summed E-state index contributed by atoms with van der Waals surface area (Å²) in [6.07, 6.45) is 5.50. The number of piperidine rings is 2. The zero-order chi connectivity index (χ0) is 38.1. The van der Waals surface area contributed by atoms with Crippen LogP contribution in [0.5, 0.6) is 5.75 Å². The highest BCUT2D eigenvalue weighted by Crippen LogP contribution is 2.47. The van der Waals surface area contributed by atoms with Gasteiger partial charge in [0.05, 0.1) is 7.11 Å². The molecule has 2 fully saturated rings. The van der Waals surface area contributed by atoms with Gasteiger partial charge in [0, 0.05) is 22.2 Å². The Kier molecular flexibility index (Phi) is 11.5. The van der Waals surface area contributed by atoms with Crippen LogP contribution in [-0.2, 0) is 32.3 Å². The van der Waals surface area contributed by atoms with E-state index in [0.717, 1.165) is 36.8 Å². The maximum absolute atomic E-state index is 13.9. The number of hydrogen-bond acceptors (Lipinski definition) is 7. The molecule has 2 aliphatic heterocycles. The van der Waals surface area contributed by atoms with Gasteiger partial charge in [0.25, 0.3) is 0 Å². The fraction of sp³-hybridized carbons (Fsp3) is 0.511. The largest absolute Gasteiger partial charge is 0.497 e. The first-order chi connectivity index (χ1) is 24.3. The number of methoxy groups -OCH3 is 1. The van der Waals surface area contributed by atoms with Crippen LogP contribution in [0.4, 0.5) is 0 Å². The lowest BCUT2D eigenvalue weighted by Gasteiger charge is -2.54. The van der Waals surface area contributed by atoms with E-state index >= 15 is 0 Å². The van der Waals surface area contributed by atoms with Gasteiger partial charge in [0.15, 0.2) is 0 Å². The SMILES string of the molecule is COc1ccc(C=C(C(=O)OCc2ccccc2C2CC(C)(C)N(C)C(C)(C)C2)C(=O)OCc2ccccc2C2CC(C)(C)N(C)C(C)(C)C2)cc1. The minimum atomic E-state index is -0.716. The third-order valence-corrected chi connectivity index (χ3v) is 12.2. The highest BCUT2D eigenvalue weighted by molar-refractivity contribution is 6.17. The molecule has 0 N–H and O–H groups in total. The third-order valence-electron chi connectivity index (χ3n) is 12.2. The molecule has 5 rings (SSSR count). The number of hydrogen-bond donors (Lipinski definition) is 0. The molecule has 280 valence electrons. The molecule has 0 amide bonds. The molecule has 0 aliphatic carbocycles. The summed E-state index contributed by atoms with van der Waals surface area (Å²) in [5.74, 6) is -0.150. The molecular weight excluding hydrogens is 649 g/mol. The van der Waals surface area contributed by atoms with Gasteiger partial charge in [0.1, 0.15) is 24.5 Å². The summed E-state index contributed by atoms with van der Waals surface area (Å²) >= 11 is 0.